The summed E-state index contributed by atoms with van der Waals surface area (Å²) in [4.78, 5) is 35.6. The molecular weight excluding hydrogens is 625 g/mol. The molecular formula is C38H42N4O5S. The third kappa shape index (κ3) is 6.44. The fourth-order valence-electron chi connectivity index (χ4n) is 7.41. The maximum atomic E-state index is 14.1. The zero-order chi connectivity index (χ0) is 33.4. The third-order valence-electron chi connectivity index (χ3n) is 9.68. The van der Waals surface area contributed by atoms with Crippen molar-refractivity contribution in [2.75, 3.05) is 47.4 Å². The Hall–Kier alpha value is -4.25. The first-order valence-electron chi connectivity index (χ1n) is 16.8. The van der Waals surface area contributed by atoms with E-state index < -0.39 is 5.97 Å². The van der Waals surface area contributed by atoms with E-state index in [0.29, 0.717) is 30.5 Å². The molecule has 9 nitrogen and oxygen atoms in total. The van der Waals surface area contributed by atoms with E-state index in [1.807, 2.05) is 49.3 Å². The van der Waals surface area contributed by atoms with Crippen molar-refractivity contribution in [2.24, 2.45) is 0 Å². The van der Waals surface area contributed by atoms with Gasteiger partial charge in [0.05, 0.1) is 46.9 Å². The number of pyridine rings is 1. The SMILES string of the molecule is COc1cccc(-c2ccc3cc(-c4c(C5CCCCC5)c5sc(C(=O)O)cc5n4CC(=O)N4CCOC(CN(C)C)C4)ccc3n2)c1. The number of thiophene rings is 1. The lowest BCUT2D eigenvalue weighted by Gasteiger charge is -2.34. The van der Waals surface area contributed by atoms with Gasteiger partial charge in [-0.15, -0.1) is 11.3 Å². The maximum Gasteiger partial charge on any atom is 0.345 e. The number of amides is 1. The third-order valence-corrected chi connectivity index (χ3v) is 10.8. The number of aromatic carboxylic acids is 1. The minimum atomic E-state index is -0.937. The molecule has 0 spiro atoms. The van der Waals surface area contributed by atoms with Crippen LogP contribution in [0, 0.1) is 0 Å². The molecule has 1 amide bonds. The van der Waals surface area contributed by atoms with E-state index in [4.69, 9.17) is 14.5 Å². The topological polar surface area (TPSA) is 97.1 Å². The monoisotopic (exact) mass is 666 g/mol. The van der Waals surface area contributed by atoms with Crippen LogP contribution in [-0.2, 0) is 16.1 Å². The first kappa shape index (κ1) is 32.3. The summed E-state index contributed by atoms with van der Waals surface area (Å²) >= 11 is 1.34. The van der Waals surface area contributed by atoms with Crippen LogP contribution in [0.5, 0.6) is 5.75 Å². The molecule has 1 aliphatic carbocycles. The molecule has 0 radical (unpaired) electrons. The average molecular weight is 667 g/mol. The number of hydrogen-bond acceptors (Lipinski definition) is 7. The molecule has 1 aliphatic heterocycles. The molecule has 5 aromatic rings. The standard InChI is InChI=1S/C38H42N4O5S/c1-40(2)21-29-22-41(16-17-47-29)34(43)23-42-32-20-33(38(44)45)48-37(32)35(24-8-5-4-6-9-24)36(42)27-13-15-31-26(18-27)12-14-30(39-31)25-10-7-11-28(19-25)46-3/h7,10-15,18-20,24,29H,4-6,8-9,16-17,21-23H2,1-3H3,(H,44,45). The van der Waals surface area contributed by atoms with Gasteiger partial charge in [-0.3, -0.25) is 4.79 Å². The van der Waals surface area contributed by atoms with Crippen LogP contribution in [0.25, 0.3) is 43.6 Å². The molecule has 250 valence electrons. The Morgan fingerprint density at radius 2 is 1.88 bits per heavy atom. The highest BCUT2D eigenvalue weighted by atomic mass is 32.1. The summed E-state index contributed by atoms with van der Waals surface area (Å²) in [5, 5.41) is 11.0. The van der Waals surface area contributed by atoms with Crippen molar-refractivity contribution < 1.29 is 24.2 Å². The number of carbonyl (C=O) groups is 2. The molecule has 1 N–H and O–H groups in total. The van der Waals surface area contributed by atoms with Gasteiger partial charge in [0.1, 0.15) is 17.2 Å². The molecule has 10 heteroatoms. The van der Waals surface area contributed by atoms with Crippen molar-refractivity contribution >= 4 is 44.3 Å². The second kappa shape index (κ2) is 13.7. The van der Waals surface area contributed by atoms with Crippen LogP contribution >= 0.6 is 11.3 Å². The van der Waals surface area contributed by atoms with Crippen LogP contribution in [-0.4, -0.2) is 89.9 Å². The summed E-state index contributed by atoms with van der Waals surface area (Å²) in [5.41, 5.74) is 6.77. The predicted molar refractivity (Wildman–Crippen MR) is 190 cm³/mol. The average Bonchev–Trinajstić information content (AvgIpc) is 3.66. The number of morpholine rings is 1. The molecule has 1 saturated heterocycles. The fraction of sp³-hybridized carbons (Fsp3) is 0.395. The fourth-order valence-corrected chi connectivity index (χ4v) is 8.54. The van der Waals surface area contributed by atoms with Gasteiger partial charge in [-0.05, 0) is 80.4 Å². The van der Waals surface area contributed by atoms with E-state index in [2.05, 4.69) is 33.7 Å². The smallest absolute Gasteiger partial charge is 0.345 e. The number of carbonyl (C=O) groups excluding carboxylic acids is 1. The van der Waals surface area contributed by atoms with Gasteiger partial charge in [-0.2, -0.15) is 0 Å². The van der Waals surface area contributed by atoms with E-state index >= 15 is 0 Å². The summed E-state index contributed by atoms with van der Waals surface area (Å²) < 4.78 is 14.5. The normalized spacial score (nSPS) is 17.4. The Balaban J connectivity index is 1.33. The van der Waals surface area contributed by atoms with E-state index in [1.54, 1.807) is 13.2 Å². The number of fused-ring (bicyclic) bond motifs is 2. The Bertz CT molecular complexity index is 1970. The molecule has 1 saturated carbocycles. The van der Waals surface area contributed by atoms with Gasteiger partial charge in [0, 0.05) is 30.6 Å². The van der Waals surface area contributed by atoms with E-state index in [1.165, 1.54) is 23.3 Å². The molecule has 1 atom stereocenters. The largest absolute Gasteiger partial charge is 0.497 e. The van der Waals surface area contributed by atoms with Crippen LogP contribution in [0.3, 0.4) is 0 Å². The van der Waals surface area contributed by atoms with Crippen LogP contribution < -0.4 is 4.74 Å². The number of ether oxygens (including phenoxy) is 2. The van der Waals surface area contributed by atoms with Crippen molar-refractivity contribution in [3.05, 3.63) is 71.1 Å². The van der Waals surface area contributed by atoms with E-state index in [9.17, 15) is 14.7 Å². The Labute approximate surface area is 284 Å². The lowest BCUT2D eigenvalue weighted by atomic mass is 9.83. The van der Waals surface area contributed by atoms with Gasteiger partial charge in [0.15, 0.2) is 0 Å². The lowest BCUT2D eigenvalue weighted by Crippen LogP contribution is -2.49. The molecule has 1 unspecified atom stereocenters. The molecule has 2 aliphatic rings. The van der Waals surface area contributed by atoms with Gasteiger partial charge in [-0.25, -0.2) is 9.78 Å². The number of rotatable bonds is 9. The molecule has 7 rings (SSSR count). The summed E-state index contributed by atoms with van der Waals surface area (Å²) in [6.45, 7) is 2.45. The van der Waals surface area contributed by atoms with Crippen LogP contribution in [0.15, 0.2) is 60.7 Å². The molecule has 3 aromatic heterocycles. The zero-order valence-electron chi connectivity index (χ0n) is 27.8. The highest BCUT2D eigenvalue weighted by Crippen LogP contribution is 2.47. The van der Waals surface area contributed by atoms with E-state index in [-0.39, 0.29) is 18.6 Å². The number of likely N-dealkylation sites (N-methyl/N-ethyl adjacent to an activating group) is 1. The second-order valence-corrected chi connectivity index (χ2v) is 14.3. The van der Waals surface area contributed by atoms with Gasteiger partial charge in [-0.1, -0.05) is 43.5 Å². The van der Waals surface area contributed by atoms with Crippen LogP contribution in [0.1, 0.15) is 53.3 Å². The van der Waals surface area contributed by atoms with Gasteiger partial charge < -0.3 is 28.9 Å². The molecule has 0 bridgehead atoms. The van der Waals surface area contributed by atoms with Gasteiger partial charge >= 0.3 is 5.97 Å². The lowest BCUT2D eigenvalue weighted by molar-refractivity contribution is -0.139. The highest BCUT2D eigenvalue weighted by Gasteiger charge is 2.31. The van der Waals surface area contributed by atoms with Crippen molar-refractivity contribution in [3.63, 3.8) is 0 Å². The highest BCUT2D eigenvalue weighted by molar-refractivity contribution is 7.21. The summed E-state index contributed by atoms with van der Waals surface area (Å²) in [6.07, 6.45) is 5.55. The van der Waals surface area contributed by atoms with Crippen molar-refractivity contribution in [2.45, 2.75) is 50.7 Å². The van der Waals surface area contributed by atoms with Crippen molar-refractivity contribution in [3.8, 4) is 28.3 Å². The minimum Gasteiger partial charge on any atom is -0.497 e. The first-order valence-corrected chi connectivity index (χ1v) is 17.6. The predicted octanol–water partition coefficient (Wildman–Crippen LogP) is 7.13. The number of nitrogens with zero attached hydrogens (tertiary/aromatic N) is 4. The number of hydrogen-bond donors (Lipinski definition) is 1. The Morgan fingerprint density at radius 1 is 1.04 bits per heavy atom. The van der Waals surface area contributed by atoms with Crippen molar-refractivity contribution in [1.29, 1.82) is 0 Å². The summed E-state index contributed by atoms with van der Waals surface area (Å²) in [7, 11) is 5.68. The second-order valence-electron chi connectivity index (χ2n) is 13.2. The number of aromatic nitrogens is 2. The zero-order valence-corrected chi connectivity index (χ0v) is 28.6. The van der Waals surface area contributed by atoms with Crippen molar-refractivity contribution in [1.82, 2.24) is 19.4 Å². The number of methoxy groups -OCH3 is 1. The van der Waals surface area contributed by atoms with E-state index in [0.717, 1.165) is 81.6 Å². The number of benzene rings is 2. The summed E-state index contributed by atoms with van der Waals surface area (Å²) in [6, 6.07) is 20.1. The number of carboxylic acid groups (broad SMARTS) is 1. The Kier molecular flexibility index (Phi) is 9.22. The first-order chi connectivity index (χ1) is 23.3. The molecule has 2 fully saturated rings. The Morgan fingerprint density at radius 3 is 2.65 bits per heavy atom. The van der Waals surface area contributed by atoms with Crippen LogP contribution in [0.2, 0.25) is 0 Å². The molecule has 48 heavy (non-hydrogen) atoms. The maximum absolute atomic E-state index is 14.1. The van der Waals surface area contributed by atoms with Crippen LogP contribution in [0.4, 0.5) is 0 Å². The van der Waals surface area contributed by atoms with Gasteiger partial charge in [0.25, 0.3) is 0 Å². The molecule has 4 heterocycles. The minimum absolute atomic E-state index is 0.0175. The van der Waals surface area contributed by atoms with Gasteiger partial charge in [0.2, 0.25) is 5.91 Å². The quantitative estimate of drug-likeness (QED) is 0.179. The number of carboxylic acids is 1. The molecule has 2 aromatic carbocycles. The summed E-state index contributed by atoms with van der Waals surface area (Å²) in [5.74, 6) is 0.161.